The largest absolute Gasteiger partial charge is 0.392 e. The molecule has 2 heteroatoms. The van der Waals surface area contributed by atoms with E-state index in [1.54, 1.807) is 0 Å². The van der Waals surface area contributed by atoms with Crippen molar-refractivity contribution in [2.24, 2.45) is 0 Å². The van der Waals surface area contributed by atoms with Crippen LogP contribution in [0.3, 0.4) is 0 Å². The van der Waals surface area contributed by atoms with Crippen molar-refractivity contribution in [3.63, 3.8) is 0 Å². The quantitative estimate of drug-likeness (QED) is 0.576. The molecular weight excluding hydrogens is 215 g/mol. The normalized spacial score (nSPS) is 13.9. The van der Waals surface area contributed by atoms with Gasteiger partial charge in [0.15, 0.2) is 0 Å². The zero-order valence-electron chi connectivity index (χ0n) is 5.23. The van der Waals surface area contributed by atoms with Crippen LogP contribution in [0.1, 0.15) is 26.2 Å². The fourth-order valence-electron chi connectivity index (χ4n) is 0.517. The lowest BCUT2D eigenvalue weighted by Crippen LogP contribution is -2.06. The Balaban J connectivity index is 2.86. The van der Waals surface area contributed by atoms with Crippen molar-refractivity contribution in [1.82, 2.24) is 0 Å². The number of aliphatic hydroxyl groups excluding tert-OH is 1. The second-order valence-electron chi connectivity index (χ2n) is 1.95. The summed E-state index contributed by atoms with van der Waals surface area (Å²) in [7, 11) is 0. The predicted molar refractivity (Wildman–Crippen MR) is 44.4 cm³/mol. The number of rotatable bonds is 4. The van der Waals surface area contributed by atoms with Crippen molar-refractivity contribution in [2.75, 3.05) is 4.43 Å². The van der Waals surface area contributed by atoms with Crippen LogP contribution in [0.2, 0.25) is 0 Å². The summed E-state index contributed by atoms with van der Waals surface area (Å²) < 4.78 is 0.873. The van der Waals surface area contributed by atoms with Gasteiger partial charge < -0.3 is 5.11 Å². The fraction of sp³-hybridized carbons (Fsp3) is 1.00. The molecule has 0 amide bonds. The Bertz CT molecular complexity index is 47.8. The molecule has 0 saturated carbocycles. The van der Waals surface area contributed by atoms with Crippen LogP contribution in [-0.4, -0.2) is 15.6 Å². The maximum atomic E-state index is 8.98. The van der Waals surface area contributed by atoms with Crippen LogP contribution in [0.25, 0.3) is 0 Å². The first-order chi connectivity index (χ1) is 3.81. The SMILES string of the molecule is CCCC[C@H](O)CI. The molecule has 1 N–H and O–H groups in total. The summed E-state index contributed by atoms with van der Waals surface area (Å²) in [6.45, 7) is 2.14. The Hall–Kier alpha value is 0.690. The van der Waals surface area contributed by atoms with Gasteiger partial charge >= 0.3 is 0 Å². The minimum atomic E-state index is -0.0597. The molecule has 0 heterocycles. The van der Waals surface area contributed by atoms with Gasteiger partial charge in [-0.25, -0.2) is 0 Å². The molecule has 0 radical (unpaired) electrons. The van der Waals surface area contributed by atoms with E-state index in [1.807, 2.05) is 0 Å². The van der Waals surface area contributed by atoms with Crippen LogP contribution in [-0.2, 0) is 0 Å². The average Bonchev–Trinajstić information content (AvgIpc) is 1.83. The summed E-state index contributed by atoms with van der Waals surface area (Å²) in [6, 6.07) is 0. The van der Waals surface area contributed by atoms with Gasteiger partial charge in [0.2, 0.25) is 0 Å². The minimum absolute atomic E-state index is 0.0597. The predicted octanol–water partition coefficient (Wildman–Crippen LogP) is 1.97. The van der Waals surface area contributed by atoms with Gasteiger partial charge in [0.05, 0.1) is 6.10 Å². The highest BCUT2D eigenvalue weighted by atomic mass is 127. The van der Waals surface area contributed by atoms with Gasteiger partial charge in [0, 0.05) is 4.43 Å². The molecule has 0 spiro atoms. The summed E-state index contributed by atoms with van der Waals surface area (Å²) in [4.78, 5) is 0. The van der Waals surface area contributed by atoms with Crippen molar-refractivity contribution >= 4 is 22.6 Å². The highest BCUT2D eigenvalue weighted by Gasteiger charge is 1.97. The number of hydrogen-bond acceptors (Lipinski definition) is 1. The first-order valence-electron chi connectivity index (χ1n) is 3.05. The second-order valence-corrected chi connectivity index (χ2v) is 2.83. The first-order valence-corrected chi connectivity index (χ1v) is 4.57. The molecule has 50 valence electrons. The lowest BCUT2D eigenvalue weighted by atomic mass is 10.2. The van der Waals surface area contributed by atoms with E-state index >= 15 is 0 Å². The van der Waals surface area contributed by atoms with Gasteiger partial charge in [0.1, 0.15) is 0 Å². The number of halogens is 1. The van der Waals surface area contributed by atoms with Gasteiger partial charge in [-0.2, -0.15) is 0 Å². The Morgan fingerprint density at radius 2 is 2.25 bits per heavy atom. The van der Waals surface area contributed by atoms with E-state index in [0.29, 0.717) is 0 Å². The number of hydrogen-bond donors (Lipinski definition) is 1. The Labute approximate surface area is 64.6 Å². The van der Waals surface area contributed by atoms with Crippen LogP contribution >= 0.6 is 22.6 Å². The molecule has 1 nitrogen and oxygen atoms in total. The molecule has 0 aromatic carbocycles. The van der Waals surface area contributed by atoms with E-state index in [4.69, 9.17) is 5.11 Å². The van der Waals surface area contributed by atoms with Crippen LogP contribution in [0.4, 0.5) is 0 Å². The van der Waals surface area contributed by atoms with E-state index in [2.05, 4.69) is 29.5 Å². The fourth-order valence-corrected chi connectivity index (χ4v) is 0.957. The maximum Gasteiger partial charge on any atom is 0.0629 e. The Morgan fingerprint density at radius 1 is 1.62 bits per heavy atom. The van der Waals surface area contributed by atoms with E-state index in [0.717, 1.165) is 17.3 Å². The zero-order chi connectivity index (χ0) is 6.41. The third-order valence-electron chi connectivity index (χ3n) is 1.07. The third kappa shape index (κ3) is 4.84. The number of unbranched alkanes of at least 4 members (excludes halogenated alkanes) is 1. The summed E-state index contributed by atoms with van der Waals surface area (Å²) in [5.41, 5.74) is 0. The monoisotopic (exact) mass is 228 g/mol. The summed E-state index contributed by atoms with van der Waals surface area (Å²) in [5, 5.41) is 8.98. The van der Waals surface area contributed by atoms with Crippen LogP contribution in [0.15, 0.2) is 0 Å². The van der Waals surface area contributed by atoms with E-state index in [-0.39, 0.29) is 6.10 Å². The highest BCUT2D eigenvalue weighted by molar-refractivity contribution is 14.1. The molecule has 0 aromatic heterocycles. The van der Waals surface area contributed by atoms with Crippen molar-refractivity contribution in [3.05, 3.63) is 0 Å². The van der Waals surface area contributed by atoms with Crippen molar-refractivity contribution in [2.45, 2.75) is 32.3 Å². The molecule has 0 aliphatic carbocycles. The summed E-state index contributed by atoms with van der Waals surface area (Å²) in [5.74, 6) is 0. The molecule has 8 heavy (non-hydrogen) atoms. The van der Waals surface area contributed by atoms with Crippen LogP contribution < -0.4 is 0 Å². The lowest BCUT2D eigenvalue weighted by molar-refractivity contribution is 0.189. The molecule has 0 saturated heterocycles. The van der Waals surface area contributed by atoms with Crippen molar-refractivity contribution < 1.29 is 5.11 Å². The van der Waals surface area contributed by atoms with Crippen molar-refractivity contribution in [1.29, 1.82) is 0 Å². The Kier molecular flexibility index (Phi) is 6.32. The summed E-state index contributed by atoms with van der Waals surface area (Å²) >= 11 is 2.20. The van der Waals surface area contributed by atoms with Crippen molar-refractivity contribution in [3.8, 4) is 0 Å². The second kappa shape index (κ2) is 5.82. The average molecular weight is 228 g/mol. The van der Waals surface area contributed by atoms with Crippen LogP contribution in [0.5, 0.6) is 0 Å². The minimum Gasteiger partial charge on any atom is -0.392 e. The molecule has 1 atom stereocenters. The van der Waals surface area contributed by atoms with Gasteiger partial charge in [-0.15, -0.1) is 0 Å². The van der Waals surface area contributed by atoms with E-state index in [1.165, 1.54) is 6.42 Å². The van der Waals surface area contributed by atoms with E-state index < -0.39 is 0 Å². The molecule has 0 bridgehead atoms. The highest BCUT2D eigenvalue weighted by Crippen LogP contribution is 2.02. The lowest BCUT2D eigenvalue weighted by Gasteiger charge is -2.02. The molecule has 0 fully saturated rings. The molecule has 0 aliphatic rings. The molecule has 0 aromatic rings. The van der Waals surface area contributed by atoms with Gasteiger partial charge in [-0.3, -0.25) is 0 Å². The molecular formula is C6H13IO. The molecule has 0 rings (SSSR count). The third-order valence-corrected chi connectivity index (χ3v) is 2.09. The summed E-state index contributed by atoms with van der Waals surface area (Å²) in [6.07, 6.45) is 3.26. The van der Waals surface area contributed by atoms with E-state index in [9.17, 15) is 0 Å². The van der Waals surface area contributed by atoms with Gasteiger partial charge in [-0.1, -0.05) is 42.4 Å². The first kappa shape index (κ1) is 8.69. The van der Waals surface area contributed by atoms with Crippen LogP contribution in [0, 0.1) is 0 Å². The zero-order valence-corrected chi connectivity index (χ0v) is 7.39. The van der Waals surface area contributed by atoms with Gasteiger partial charge in [-0.05, 0) is 6.42 Å². The number of alkyl halides is 1. The standard InChI is InChI=1S/C6H13IO/c1-2-3-4-6(8)5-7/h6,8H,2-5H2,1H3/t6-/m0/s1. The topological polar surface area (TPSA) is 20.2 Å². The smallest absolute Gasteiger partial charge is 0.0629 e. The molecule has 0 unspecified atom stereocenters. The Morgan fingerprint density at radius 3 is 2.62 bits per heavy atom. The molecule has 0 aliphatic heterocycles. The number of aliphatic hydroxyl groups is 1. The maximum absolute atomic E-state index is 8.98. The van der Waals surface area contributed by atoms with Gasteiger partial charge in [0.25, 0.3) is 0 Å².